The molecule has 0 radical (unpaired) electrons. The standard InChI is InChI=1S/C24H28F3NO2/c1-15-20(7-5-9-22(15)30-3)21-8-4-6-17(21)10-12-19(29)14-18-11-13-23(24(25,26)27)28-16(18)2/h5,7,9,11,13,17,21H,4,6,8,10,12,14H2,1-3H3/t17?,21-/m1/s1. The smallest absolute Gasteiger partial charge is 0.433 e. The van der Waals surface area contributed by atoms with Gasteiger partial charge in [0.15, 0.2) is 0 Å². The Balaban J connectivity index is 1.62. The molecule has 1 aromatic carbocycles. The van der Waals surface area contributed by atoms with Crippen molar-refractivity contribution in [2.24, 2.45) is 5.92 Å². The zero-order chi connectivity index (χ0) is 21.9. The first-order chi connectivity index (χ1) is 14.2. The van der Waals surface area contributed by atoms with Crippen LogP contribution in [0.3, 0.4) is 0 Å². The van der Waals surface area contributed by atoms with Gasteiger partial charge < -0.3 is 4.74 Å². The van der Waals surface area contributed by atoms with E-state index in [4.69, 9.17) is 4.74 Å². The molecular formula is C24H28F3NO2. The molecule has 3 nitrogen and oxygen atoms in total. The zero-order valence-corrected chi connectivity index (χ0v) is 17.7. The van der Waals surface area contributed by atoms with E-state index < -0.39 is 11.9 Å². The van der Waals surface area contributed by atoms with E-state index in [1.807, 2.05) is 12.1 Å². The number of pyridine rings is 1. The molecule has 6 heteroatoms. The summed E-state index contributed by atoms with van der Waals surface area (Å²) in [6.07, 6.45) is 0.236. The van der Waals surface area contributed by atoms with Gasteiger partial charge in [-0.25, -0.2) is 4.98 Å². The van der Waals surface area contributed by atoms with Gasteiger partial charge in [-0.3, -0.25) is 4.79 Å². The number of ether oxygens (including phenoxy) is 1. The minimum Gasteiger partial charge on any atom is -0.496 e. The van der Waals surface area contributed by atoms with Gasteiger partial charge in [0, 0.05) is 18.5 Å². The third-order valence-corrected chi connectivity index (χ3v) is 6.27. The molecule has 0 aliphatic heterocycles. The van der Waals surface area contributed by atoms with Gasteiger partial charge in [0.1, 0.15) is 17.2 Å². The lowest BCUT2D eigenvalue weighted by atomic mass is 9.83. The van der Waals surface area contributed by atoms with Crippen LogP contribution in [0.2, 0.25) is 0 Å². The largest absolute Gasteiger partial charge is 0.496 e. The number of nitrogens with zero attached hydrogens (tertiary/aromatic N) is 1. The molecule has 0 N–H and O–H groups in total. The third-order valence-electron chi connectivity index (χ3n) is 6.27. The van der Waals surface area contributed by atoms with Crippen LogP contribution in [0, 0.1) is 19.8 Å². The van der Waals surface area contributed by atoms with Crippen LogP contribution in [0.5, 0.6) is 5.75 Å². The minimum atomic E-state index is -4.47. The van der Waals surface area contributed by atoms with Crippen LogP contribution in [-0.4, -0.2) is 17.9 Å². The molecule has 30 heavy (non-hydrogen) atoms. The molecule has 162 valence electrons. The quantitative estimate of drug-likeness (QED) is 0.536. The fraction of sp³-hybridized carbons (Fsp3) is 0.500. The van der Waals surface area contributed by atoms with Gasteiger partial charge in [-0.2, -0.15) is 13.2 Å². The average Bonchev–Trinajstić information content (AvgIpc) is 3.15. The number of aryl methyl sites for hydroxylation is 1. The molecular weight excluding hydrogens is 391 g/mol. The third kappa shape index (κ3) is 5.02. The van der Waals surface area contributed by atoms with Gasteiger partial charge in [0.05, 0.1) is 7.11 Å². The highest BCUT2D eigenvalue weighted by Gasteiger charge is 2.33. The molecule has 0 bridgehead atoms. The van der Waals surface area contributed by atoms with Crippen LogP contribution < -0.4 is 4.74 Å². The maximum absolute atomic E-state index is 12.8. The van der Waals surface area contributed by atoms with Gasteiger partial charge in [-0.1, -0.05) is 24.6 Å². The van der Waals surface area contributed by atoms with Gasteiger partial charge in [0.2, 0.25) is 0 Å². The van der Waals surface area contributed by atoms with E-state index >= 15 is 0 Å². The van der Waals surface area contributed by atoms with Crippen molar-refractivity contribution in [1.82, 2.24) is 4.98 Å². The summed E-state index contributed by atoms with van der Waals surface area (Å²) in [6, 6.07) is 8.46. The molecule has 0 spiro atoms. The first-order valence-electron chi connectivity index (χ1n) is 10.4. The second kappa shape index (κ2) is 9.19. The lowest BCUT2D eigenvalue weighted by Crippen LogP contribution is -2.13. The second-order valence-electron chi connectivity index (χ2n) is 8.16. The lowest BCUT2D eigenvalue weighted by Gasteiger charge is -2.22. The number of halogens is 3. The summed E-state index contributed by atoms with van der Waals surface area (Å²) in [4.78, 5) is 16.2. The number of rotatable bonds is 7. The highest BCUT2D eigenvalue weighted by molar-refractivity contribution is 5.81. The summed E-state index contributed by atoms with van der Waals surface area (Å²) in [6.45, 7) is 3.60. The first kappa shape index (κ1) is 22.3. The second-order valence-corrected chi connectivity index (χ2v) is 8.16. The molecule has 3 rings (SSSR count). The number of benzene rings is 1. The van der Waals surface area contributed by atoms with E-state index in [9.17, 15) is 18.0 Å². The summed E-state index contributed by atoms with van der Waals surface area (Å²) < 4.78 is 43.8. The molecule has 1 heterocycles. The van der Waals surface area contributed by atoms with E-state index in [2.05, 4.69) is 18.0 Å². The van der Waals surface area contributed by atoms with Gasteiger partial charge in [-0.05, 0) is 73.8 Å². The van der Waals surface area contributed by atoms with E-state index in [-0.39, 0.29) is 17.9 Å². The number of ketones is 1. The maximum Gasteiger partial charge on any atom is 0.433 e. The fourth-order valence-corrected chi connectivity index (χ4v) is 4.63. The van der Waals surface area contributed by atoms with Crippen molar-refractivity contribution in [2.45, 2.75) is 64.5 Å². The van der Waals surface area contributed by atoms with Crippen LogP contribution in [0.25, 0.3) is 0 Å². The Kier molecular flexibility index (Phi) is 6.84. The average molecular weight is 419 g/mol. The van der Waals surface area contributed by atoms with Crippen molar-refractivity contribution in [1.29, 1.82) is 0 Å². The summed E-state index contributed by atoms with van der Waals surface area (Å²) in [5.41, 5.74) is 2.38. The molecule has 2 atom stereocenters. The Morgan fingerprint density at radius 1 is 1.17 bits per heavy atom. The molecule has 2 aromatic rings. The highest BCUT2D eigenvalue weighted by atomic mass is 19.4. The van der Waals surface area contributed by atoms with Crippen LogP contribution in [0.4, 0.5) is 13.2 Å². The van der Waals surface area contributed by atoms with Crippen LogP contribution in [0.1, 0.15) is 66.1 Å². The van der Waals surface area contributed by atoms with Gasteiger partial charge in [-0.15, -0.1) is 0 Å². The number of hydrogen-bond acceptors (Lipinski definition) is 3. The number of alkyl halides is 3. The van der Waals surface area contributed by atoms with Crippen molar-refractivity contribution in [3.05, 3.63) is 58.4 Å². The fourth-order valence-electron chi connectivity index (χ4n) is 4.63. The number of hydrogen-bond donors (Lipinski definition) is 0. The monoisotopic (exact) mass is 419 g/mol. The summed E-state index contributed by atoms with van der Waals surface area (Å²) >= 11 is 0. The van der Waals surface area contributed by atoms with Crippen molar-refractivity contribution in [3.8, 4) is 5.75 Å². The van der Waals surface area contributed by atoms with E-state index in [0.29, 0.717) is 23.8 Å². The van der Waals surface area contributed by atoms with Crippen LogP contribution in [-0.2, 0) is 17.4 Å². The summed E-state index contributed by atoms with van der Waals surface area (Å²) in [5, 5.41) is 0. The van der Waals surface area contributed by atoms with E-state index in [1.165, 1.54) is 18.6 Å². The maximum atomic E-state index is 12.8. The van der Waals surface area contributed by atoms with Crippen molar-refractivity contribution in [3.63, 3.8) is 0 Å². The first-order valence-corrected chi connectivity index (χ1v) is 10.4. The molecule has 1 unspecified atom stereocenters. The SMILES string of the molecule is COc1cccc([C@@H]2CCCC2CCC(=O)Cc2ccc(C(F)(F)F)nc2C)c1C. The van der Waals surface area contributed by atoms with Crippen molar-refractivity contribution in [2.75, 3.05) is 7.11 Å². The Morgan fingerprint density at radius 3 is 2.60 bits per heavy atom. The van der Waals surface area contributed by atoms with Crippen molar-refractivity contribution >= 4 is 5.78 Å². The molecule has 1 fully saturated rings. The van der Waals surface area contributed by atoms with Gasteiger partial charge in [0.25, 0.3) is 0 Å². The number of carbonyl (C=O) groups excluding carboxylic acids is 1. The van der Waals surface area contributed by atoms with Crippen molar-refractivity contribution < 1.29 is 22.7 Å². The molecule has 1 aromatic heterocycles. The van der Waals surface area contributed by atoms with Crippen LogP contribution in [0.15, 0.2) is 30.3 Å². The Bertz CT molecular complexity index is 908. The molecule has 1 aliphatic rings. The van der Waals surface area contributed by atoms with E-state index in [1.54, 1.807) is 7.11 Å². The zero-order valence-electron chi connectivity index (χ0n) is 17.7. The predicted molar refractivity (Wildman–Crippen MR) is 110 cm³/mol. The summed E-state index contributed by atoms with van der Waals surface area (Å²) in [5.74, 6) is 1.79. The molecule has 0 saturated heterocycles. The summed E-state index contributed by atoms with van der Waals surface area (Å²) in [7, 11) is 1.68. The molecule has 1 aliphatic carbocycles. The van der Waals surface area contributed by atoms with Crippen LogP contribution >= 0.6 is 0 Å². The Morgan fingerprint density at radius 2 is 1.93 bits per heavy atom. The lowest BCUT2D eigenvalue weighted by molar-refractivity contribution is -0.141. The minimum absolute atomic E-state index is 0.0488. The molecule has 1 saturated carbocycles. The number of aromatic nitrogens is 1. The van der Waals surface area contributed by atoms with E-state index in [0.717, 1.165) is 43.1 Å². The predicted octanol–water partition coefficient (Wildman–Crippen LogP) is 6.20. The number of carbonyl (C=O) groups is 1. The topological polar surface area (TPSA) is 39.2 Å². The van der Waals surface area contributed by atoms with Gasteiger partial charge >= 0.3 is 6.18 Å². The number of Topliss-reactive ketones (excluding diaryl/α,β-unsaturated/α-hetero) is 1. The molecule has 0 amide bonds. The highest BCUT2D eigenvalue weighted by Crippen LogP contribution is 2.44. The Labute approximate surface area is 175 Å². The Hall–Kier alpha value is -2.37. The normalized spacial score (nSPS) is 19.1. The number of methoxy groups -OCH3 is 1.